The van der Waals surface area contributed by atoms with Gasteiger partial charge < -0.3 is 5.32 Å². The molecule has 0 aromatic heterocycles. The Morgan fingerprint density at radius 1 is 1.19 bits per heavy atom. The maximum atomic E-state index is 3.79. The molecule has 1 fully saturated rings. The highest BCUT2D eigenvalue weighted by molar-refractivity contribution is 4.81. The van der Waals surface area contributed by atoms with Gasteiger partial charge in [0, 0.05) is 6.04 Å². The van der Waals surface area contributed by atoms with Crippen LogP contribution in [-0.4, -0.2) is 12.6 Å². The summed E-state index contributed by atoms with van der Waals surface area (Å²) in [6, 6.07) is 0.808. The largest absolute Gasteiger partial charge is 0.314 e. The van der Waals surface area contributed by atoms with Gasteiger partial charge >= 0.3 is 0 Å². The zero-order chi connectivity index (χ0) is 11.8. The van der Waals surface area contributed by atoms with Gasteiger partial charge in [0.2, 0.25) is 0 Å². The monoisotopic (exact) mass is 225 g/mol. The van der Waals surface area contributed by atoms with Gasteiger partial charge in [-0.05, 0) is 44.1 Å². The van der Waals surface area contributed by atoms with Crippen LogP contribution in [-0.2, 0) is 0 Å². The molecule has 0 aliphatic heterocycles. The summed E-state index contributed by atoms with van der Waals surface area (Å²) in [6.45, 7) is 8.22. The molecule has 1 rings (SSSR count). The van der Waals surface area contributed by atoms with Crippen molar-refractivity contribution in [3.8, 4) is 0 Å². The van der Waals surface area contributed by atoms with Crippen LogP contribution in [0, 0.1) is 11.8 Å². The zero-order valence-electron chi connectivity index (χ0n) is 11.6. The molecule has 1 aliphatic rings. The quantitative estimate of drug-likeness (QED) is 0.678. The second-order valence-electron chi connectivity index (χ2n) is 5.73. The van der Waals surface area contributed by atoms with E-state index in [4.69, 9.17) is 0 Å². The van der Waals surface area contributed by atoms with Gasteiger partial charge in [-0.1, -0.05) is 46.5 Å². The van der Waals surface area contributed by atoms with Crippen molar-refractivity contribution in [1.29, 1.82) is 0 Å². The molecule has 3 unspecified atom stereocenters. The highest BCUT2D eigenvalue weighted by atomic mass is 14.9. The van der Waals surface area contributed by atoms with Gasteiger partial charge in [-0.15, -0.1) is 0 Å². The smallest absolute Gasteiger partial charge is 0.00954 e. The van der Waals surface area contributed by atoms with Crippen molar-refractivity contribution in [3.63, 3.8) is 0 Å². The van der Waals surface area contributed by atoms with Crippen molar-refractivity contribution >= 4 is 0 Å². The molecule has 0 aromatic rings. The Bertz CT molecular complexity index is 159. The first kappa shape index (κ1) is 14.0. The standard InChI is InChI=1S/C15H31N/c1-4-6-10-15(16-11-5-2)14-9-7-8-13(3)12-14/h13-16H,4-12H2,1-3H3. The predicted molar refractivity (Wildman–Crippen MR) is 72.7 cm³/mol. The van der Waals surface area contributed by atoms with Crippen molar-refractivity contribution in [1.82, 2.24) is 5.32 Å². The molecule has 1 nitrogen and oxygen atoms in total. The molecule has 0 amide bonds. The van der Waals surface area contributed by atoms with Gasteiger partial charge in [0.15, 0.2) is 0 Å². The van der Waals surface area contributed by atoms with Crippen molar-refractivity contribution in [2.75, 3.05) is 6.54 Å². The Labute approximate surface area is 102 Å². The number of rotatable bonds is 7. The lowest BCUT2D eigenvalue weighted by Gasteiger charge is -2.34. The van der Waals surface area contributed by atoms with Gasteiger partial charge in [-0.3, -0.25) is 0 Å². The van der Waals surface area contributed by atoms with Crippen molar-refractivity contribution < 1.29 is 0 Å². The molecule has 0 heterocycles. The maximum Gasteiger partial charge on any atom is 0.00954 e. The molecule has 0 aromatic carbocycles. The summed E-state index contributed by atoms with van der Waals surface area (Å²) < 4.78 is 0. The van der Waals surface area contributed by atoms with E-state index < -0.39 is 0 Å². The Balaban J connectivity index is 2.38. The summed E-state index contributed by atoms with van der Waals surface area (Å²) in [6.07, 6.45) is 11.3. The number of hydrogen-bond acceptors (Lipinski definition) is 1. The lowest BCUT2D eigenvalue weighted by atomic mass is 9.77. The molecule has 0 spiro atoms. The first-order valence-electron chi connectivity index (χ1n) is 7.51. The first-order valence-corrected chi connectivity index (χ1v) is 7.51. The third-order valence-corrected chi connectivity index (χ3v) is 4.07. The van der Waals surface area contributed by atoms with E-state index in [2.05, 4.69) is 26.1 Å². The van der Waals surface area contributed by atoms with Crippen molar-refractivity contribution in [2.45, 2.75) is 78.2 Å². The van der Waals surface area contributed by atoms with E-state index in [0.29, 0.717) is 0 Å². The number of unbranched alkanes of at least 4 members (excludes halogenated alkanes) is 1. The van der Waals surface area contributed by atoms with Gasteiger partial charge in [0.05, 0.1) is 0 Å². The van der Waals surface area contributed by atoms with Crippen LogP contribution in [0.5, 0.6) is 0 Å². The Morgan fingerprint density at radius 2 is 2.00 bits per heavy atom. The number of nitrogens with one attached hydrogen (secondary N) is 1. The molecule has 1 heteroatoms. The molecule has 3 atom stereocenters. The molecular formula is C15H31N. The van der Waals surface area contributed by atoms with E-state index >= 15 is 0 Å². The fourth-order valence-electron chi connectivity index (χ4n) is 3.10. The van der Waals surface area contributed by atoms with Crippen LogP contribution in [0.15, 0.2) is 0 Å². The van der Waals surface area contributed by atoms with Crippen LogP contribution < -0.4 is 5.32 Å². The van der Waals surface area contributed by atoms with Crippen LogP contribution in [0.3, 0.4) is 0 Å². The van der Waals surface area contributed by atoms with E-state index in [-0.39, 0.29) is 0 Å². The predicted octanol–water partition coefficient (Wildman–Crippen LogP) is 4.37. The van der Waals surface area contributed by atoms with E-state index in [9.17, 15) is 0 Å². The van der Waals surface area contributed by atoms with Crippen LogP contribution in [0.4, 0.5) is 0 Å². The molecule has 0 saturated heterocycles. The summed E-state index contributed by atoms with van der Waals surface area (Å²) in [7, 11) is 0. The van der Waals surface area contributed by atoms with Crippen LogP contribution in [0.25, 0.3) is 0 Å². The van der Waals surface area contributed by atoms with E-state index in [1.165, 1.54) is 57.9 Å². The minimum atomic E-state index is 0.808. The SMILES string of the molecule is CCCCC(NCCC)C1CCCC(C)C1. The Morgan fingerprint density at radius 3 is 2.62 bits per heavy atom. The third-order valence-electron chi connectivity index (χ3n) is 4.07. The van der Waals surface area contributed by atoms with Gasteiger partial charge in [-0.2, -0.15) is 0 Å². The molecule has 0 bridgehead atoms. The van der Waals surface area contributed by atoms with E-state index in [1.807, 2.05) is 0 Å². The minimum absolute atomic E-state index is 0.808. The topological polar surface area (TPSA) is 12.0 Å². The molecule has 0 radical (unpaired) electrons. The van der Waals surface area contributed by atoms with Crippen LogP contribution in [0.1, 0.15) is 72.1 Å². The molecule has 16 heavy (non-hydrogen) atoms. The van der Waals surface area contributed by atoms with Crippen molar-refractivity contribution in [3.05, 3.63) is 0 Å². The highest BCUT2D eigenvalue weighted by Gasteiger charge is 2.25. The number of hydrogen-bond donors (Lipinski definition) is 1. The van der Waals surface area contributed by atoms with Crippen molar-refractivity contribution in [2.24, 2.45) is 11.8 Å². The second-order valence-corrected chi connectivity index (χ2v) is 5.73. The maximum absolute atomic E-state index is 3.79. The molecule has 96 valence electrons. The fourth-order valence-corrected chi connectivity index (χ4v) is 3.10. The summed E-state index contributed by atoms with van der Waals surface area (Å²) >= 11 is 0. The Kier molecular flexibility index (Phi) is 7.11. The van der Waals surface area contributed by atoms with Crippen LogP contribution >= 0.6 is 0 Å². The lowest BCUT2D eigenvalue weighted by Crippen LogP contribution is -2.38. The van der Waals surface area contributed by atoms with Gasteiger partial charge in [0.25, 0.3) is 0 Å². The zero-order valence-corrected chi connectivity index (χ0v) is 11.6. The average molecular weight is 225 g/mol. The third kappa shape index (κ3) is 4.86. The average Bonchev–Trinajstić information content (AvgIpc) is 2.29. The lowest BCUT2D eigenvalue weighted by molar-refractivity contribution is 0.213. The molecule has 1 N–H and O–H groups in total. The normalized spacial score (nSPS) is 27.9. The van der Waals surface area contributed by atoms with E-state index in [1.54, 1.807) is 0 Å². The minimum Gasteiger partial charge on any atom is -0.314 e. The summed E-state index contributed by atoms with van der Waals surface area (Å²) in [5, 5.41) is 3.79. The van der Waals surface area contributed by atoms with E-state index in [0.717, 1.165) is 17.9 Å². The van der Waals surface area contributed by atoms with Gasteiger partial charge in [0.1, 0.15) is 0 Å². The molecule has 1 aliphatic carbocycles. The van der Waals surface area contributed by atoms with Crippen LogP contribution in [0.2, 0.25) is 0 Å². The molecular weight excluding hydrogens is 194 g/mol. The second kappa shape index (κ2) is 8.11. The highest BCUT2D eigenvalue weighted by Crippen LogP contribution is 2.32. The summed E-state index contributed by atoms with van der Waals surface area (Å²) in [5.74, 6) is 1.92. The summed E-state index contributed by atoms with van der Waals surface area (Å²) in [4.78, 5) is 0. The fraction of sp³-hybridized carbons (Fsp3) is 1.00. The van der Waals surface area contributed by atoms with Gasteiger partial charge in [-0.25, -0.2) is 0 Å². The first-order chi connectivity index (χ1) is 7.77. The summed E-state index contributed by atoms with van der Waals surface area (Å²) in [5.41, 5.74) is 0. The molecule has 1 saturated carbocycles. The Hall–Kier alpha value is -0.0400.